The monoisotopic (exact) mass is 511 g/mol. The van der Waals surface area contributed by atoms with Crippen LogP contribution in [0.4, 0.5) is 14.5 Å². The van der Waals surface area contributed by atoms with Crippen molar-refractivity contribution >= 4 is 21.4 Å². The minimum atomic E-state index is -3.32. The van der Waals surface area contributed by atoms with E-state index in [0.29, 0.717) is 16.9 Å². The highest BCUT2D eigenvalue weighted by Crippen LogP contribution is 2.32. The summed E-state index contributed by atoms with van der Waals surface area (Å²) in [5.74, 6) is -1.76. The van der Waals surface area contributed by atoms with E-state index in [0.717, 1.165) is 23.8 Å². The predicted molar refractivity (Wildman–Crippen MR) is 131 cm³/mol. The van der Waals surface area contributed by atoms with E-state index in [2.05, 4.69) is 10.4 Å². The lowest BCUT2D eigenvalue weighted by Crippen LogP contribution is -2.15. The van der Waals surface area contributed by atoms with Crippen LogP contribution in [-0.4, -0.2) is 29.9 Å². The molecule has 0 radical (unpaired) electrons. The van der Waals surface area contributed by atoms with Gasteiger partial charge in [-0.3, -0.25) is 4.79 Å². The molecule has 0 saturated carbocycles. The quantitative estimate of drug-likeness (QED) is 0.350. The lowest BCUT2D eigenvalue weighted by Gasteiger charge is -2.14. The van der Waals surface area contributed by atoms with Gasteiger partial charge in [-0.05, 0) is 42.3 Å². The van der Waals surface area contributed by atoms with Crippen LogP contribution in [-0.2, 0) is 21.1 Å². The molecule has 36 heavy (non-hydrogen) atoms. The third-order valence-corrected chi connectivity index (χ3v) is 7.04. The number of nitrogens with one attached hydrogen (secondary N) is 1. The van der Waals surface area contributed by atoms with Gasteiger partial charge in [-0.25, -0.2) is 21.9 Å². The molecule has 0 saturated heterocycles. The maximum absolute atomic E-state index is 13.7. The number of ether oxygens (including phenoxy) is 1. The molecule has 0 aliphatic carbocycles. The van der Waals surface area contributed by atoms with Crippen molar-refractivity contribution in [2.75, 3.05) is 11.1 Å². The molecule has 7 nitrogen and oxygen atoms in total. The number of hydrogen-bond acceptors (Lipinski definition) is 5. The first-order valence-electron chi connectivity index (χ1n) is 11.0. The maximum Gasteiger partial charge on any atom is 0.228 e. The molecule has 1 amide bonds. The van der Waals surface area contributed by atoms with E-state index in [1.807, 2.05) is 6.92 Å². The van der Waals surface area contributed by atoms with Crippen LogP contribution in [0.1, 0.15) is 18.1 Å². The first kappa shape index (κ1) is 25.1. The Morgan fingerprint density at radius 1 is 1.03 bits per heavy atom. The third-order valence-electron chi connectivity index (χ3n) is 5.29. The number of nitrogens with zero attached hydrogens (tertiary/aromatic N) is 2. The molecule has 0 spiro atoms. The second-order valence-corrected chi connectivity index (χ2v) is 10.4. The van der Waals surface area contributed by atoms with E-state index in [1.54, 1.807) is 48.3 Å². The summed E-state index contributed by atoms with van der Waals surface area (Å²) in [6.07, 6.45) is 3.42. The molecule has 0 bridgehead atoms. The summed E-state index contributed by atoms with van der Waals surface area (Å²) in [4.78, 5) is 12.9. The fourth-order valence-electron chi connectivity index (χ4n) is 3.49. The van der Waals surface area contributed by atoms with Gasteiger partial charge in [-0.1, -0.05) is 19.1 Å². The standard InChI is InChI=1S/C26H23F2N3O4S/c1-3-36(33,34)23-7-4-18(5-8-23)10-26(32)30-21-6-9-24(31-16-17(2)15-29-31)25(14-21)35-22-12-19(27)11-20(28)13-22/h4-9,11-16H,3,10H2,1-2H3,(H,30,32). The number of carbonyl (C=O) groups is 1. The predicted octanol–water partition coefficient (Wildman–Crippen LogP) is 5.23. The van der Waals surface area contributed by atoms with Crippen LogP contribution >= 0.6 is 0 Å². The summed E-state index contributed by atoms with van der Waals surface area (Å²) in [7, 11) is -3.32. The Labute approximate surface area is 207 Å². The topological polar surface area (TPSA) is 90.3 Å². The van der Waals surface area contributed by atoms with Gasteiger partial charge in [0.1, 0.15) is 23.1 Å². The molecule has 0 fully saturated rings. The lowest BCUT2D eigenvalue weighted by atomic mass is 10.1. The molecule has 10 heteroatoms. The van der Waals surface area contributed by atoms with Crippen LogP contribution < -0.4 is 10.1 Å². The van der Waals surface area contributed by atoms with Crippen molar-refractivity contribution in [1.29, 1.82) is 0 Å². The van der Waals surface area contributed by atoms with Crippen LogP contribution in [0.25, 0.3) is 5.69 Å². The van der Waals surface area contributed by atoms with Crippen molar-refractivity contribution in [2.24, 2.45) is 0 Å². The van der Waals surface area contributed by atoms with Gasteiger partial charge >= 0.3 is 0 Å². The van der Waals surface area contributed by atoms with Crippen molar-refractivity contribution in [1.82, 2.24) is 9.78 Å². The number of benzene rings is 3. The Morgan fingerprint density at radius 2 is 1.72 bits per heavy atom. The van der Waals surface area contributed by atoms with Crippen molar-refractivity contribution in [2.45, 2.75) is 25.2 Å². The van der Waals surface area contributed by atoms with Crippen molar-refractivity contribution in [3.05, 3.63) is 95.8 Å². The molecule has 1 heterocycles. The van der Waals surface area contributed by atoms with Crippen LogP contribution in [0.3, 0.4) is 0 Å². The third kappa shape index (κ3) is 5.95. The number of anilines is 1. The molecule has 0 atom stereocenters. The summed E-state index contributed by atoms with van der Waals surface area (Å²) in [5, 5.41) is 7.02. The van der Waals surface area contributed by atoms with Gasteiger partial charge < -0.3 is 10.1 Å². The van der Waals surface area contributed by atoms with Crippen LogP contribution in [0, 0.1) is 18.6 Å². The number of rotatable bonds is 8. The number of sulfone groups is 1. The highest BCUT2D eigenvalue weighted by Gasteiger charge is 2.14. The number of carbonyl (C=O) groups excluding carboxylic acids is 1. The number of aromatic nitrogens is 2. The van der Waals surface area contributed by atoms with Gasteiger partial charge in [0.25, 0.3) is 0 Å². The first-order chi connectivity index (χ1) is 17.1. The Hall–Kier alpha value is -4.05. The van der Waals surface area contributed by atoms with Crippen molar-refractivity contribution < 1.29 is 26.7 Å². The van der Waals surface area contributed by atoms with E-state index in [1.165, 1.54) is 18.2 Å². The zero-order chi connectivity index (χ0) is 25.9. The number of aryl methyl sites for hydroxylation is 1. The summed E-state index contributed by atoms with van der Waals surface area (Å²) in [6, 6.07) is 13.8. The summed E-state index contributed by atoms with van der Waals surface area (Å²) in [5.41, 5.74) is 2.42. The van der Waals surface area contributed by atoms with E-state index < -0.39 is 21.5 Å². The fraction of sp³-hybridized carbons (Fsp3) is 0.154. The molecule has 0 aliphatic rings. The van der Waals surface area contributed by atoms with E-state index in [4.69, 9.17) is 4.74 Å². The van der Waals surface area contributed by atoms with Gasteiger partial charge in [0.05, 0.1) is 23.3 Å². The molecule has 1 aromatic heterocycles. The van der Waals surface area contributed by atoms with Gasteiger partial charge in [0.2, 0.25) is 5.91 Å². The molecule has 0 aliphatic heterocycles. The van der Waals surface area contributed by atoms with Crippen LogP contribution in [0.2, 0.25) is 0 Å². The summed E-state index contributed by atoms with van der Waals surface area (Å²) >= 11 is 0. The molecule has 1 N–H and O–H groups in total. The largest absolute Gasteiger partial charge is 0.455 e. The van der Waals surface area contributed by atoms with E-state index in [-0.39, 0.29) is 34.5 Å². The van der Waals surface area contributed by atoms with Crippen LogP contribution in [0.5, 0.6) is 11.5 Å². The lowest BCUT2D eigenvalue weighted by molar-refractivity contribution is -0.115. The minimum absolute atomic E-state index is 0.00635. The van der Waals surface area contributed by atoms with E-state index in [9.17, 15) is 22.0 Å². The zero-order valence-corrected chi connectivity index (χ0v) is 20.4. The Morgan fingerprint density at radius 3 is 2.33 bits per heavy atom. The molecule has 4 aromatic rings. The average Bonchev–Trinajstić information content (AvgIpc) is 3.25. The molecular formula is C26H23F2N3O4S. The number of halogens is 2. The van der Waals surface area contributed by atoms with Crippen molar-refractivity contribution in [3.8, 4) is 17.2 Å². The first-order valence-corrected chi connectivity index (χ1v) is 12.7. The fourth-order valence-corrected chi connectivity index (χ4v) is 4.38. The van der Waals surface area contributed by atoms with Gasteiger partial charge in [-0.15, -0.1) is 0 Å². The Bertz CT molecular complexity index is 1500. The summed E-state index contributed by atoms with van der Waals surface area (Å²) in [6.45, 7) is 3.43. The van der Waals surface area contributed by atoms with Crippen LogP contribution in [0.15, 0.2) is 78.0 Å². The van der Waals surface area contributed by atoms with Gasteiger partial charge in [-0.2, -0.15) is 5.10 Å². The molecule has 4 rings (SSSR count). The molecule has 186 valence electrons. The highest BCUT2D eigenvalue weighted by atomic mass is 32.2. The SMILES string of the molecule is CCS(=O)(=O)c1ccc(CC(=O)Nc2ccc(-n3cc(C)cn3)c(Oc3cc(F)cc(F)c3)c2)cc1. The van der Waals surface area contributed by atoms with Crippen molar-refractivity contribution in [3.63, 3.8) is 0 Å². The smallest absolute Gasteiger partial charge is 0.228 e. The average molecular weight is 512 g/mol. The van der Waals surface area contributed by atoms with Gasteiger partial charge in [0.15, 0.2) is 15.6 Å². The second-order valence-electron chi connectivity index (χ2n) is 8.12. The maximum atomic E-state index is 13.7. The minimum Gasteiger partial charge on any atom is -0.455 e. The molecule has 3 aromatic carbocycles. The molecular weight excluding hydrogens is 488 g/mol. The second kappa shape index (κ2) is 10.3. The Balaban J connectivity index is 1.56. The number of amides is 1. The summed E-state index contributed by atoms with van der Waals surface area (Å²) < 4.78 is 58.7. The van der Waals surface area contributed by atoms with E-state index >= 15 is 0 Å². The Kier molecular flexibility index (Phi) is 7.16. The molecule has 0 unspecified atom stereocenters. The highest BCUT2D eigenvalue weighted by molar-refractivity contribution is 7.91. The number of hydrogen-bond donors (Lipinski definition) is 1. The normalized spacial score (nSPS) is 11.3. The van der Waals surface area contributed by atoms with Gasteiger partial charge in [0, 0.05) is 36.1 Å². The zero-order valence-electron chi connectivity index (χ0n) is 19.5.